The van der Waals surface area contributed by atoms with Crippen molar-refractivity contribution in [1.29, 1.82) is 0 Å². The molecule has 2 rings (SSSR count). The fraction of sp³-hybridized carbons (Fsp3) is 0.385. The molecule has 1 saturated heterocycles. The summed E-state index contributed by atoms with van der Waals surface area (Å²) in [5.74, 6) is -0.559. The molecule has 4 N–H and O–H groups in total. The quantitative estimate of drug-likeness (QED) is 0.540. The number of nitrogens with two attached hydrogens (primary N) is 1. The highest BCUT2D eigenvalue weighted by Crippen LogP contribution is 2.14. The average molecular weight is 279 g/mol. The van der Waals surface area contributed by atoms with Gasteiger partial charge in [0.1, 0.15) is 0 Å². The van der Waals surface area contributed by atoms with Gasteiger partial charge in [-0.25, -0.2) is 10.3 Å². The van der Waals surface area contributed by atoms with Crippen LogP contribution in [0.25, 0.3) is 0 Å². The van der Waals surface area contributed by atoms with Crippen molar-refractivity contribution in [2.45, 2.75) is 12.5 Å². The number of primary amides is 1. The summed E-state index contributed by atoms with van der Waals surface area (Å²) in [6.45, 7) is 1.43. The molecule has 1 unspecified atom stereocenters. The summed E-state index contributed by atoms with van der Waals surface area (Å²) in [5, 5.41) is 8.54. The zero-order chi connectivity index (χ0) is 14.5. The summed E-state index contributed by atoms with van der Waals surface area (Å²) in [6, 6.07) is 6.23. The Morgan fingerprint density at radius 1 is 1.40 bits per heavy atom. The molecule has 20 heavy (non-hydrogen) atoms. The van der Waals surface area contributed by atoms with E-state index in [-0.39, 0.29) is 6.04 Å². The molecular formula is C13H17N3O4. The molecule has 1 aromatic carbocycles. The minimum atomic E-state index is -0.559. The molecule has 1 aliphatic heterocycles. The van der Waals surface area contributed by atoms with Crippen molar-refractivity contribution in [3.8, 4) is 0 Å². The minimum absolute atomic E-state index is 0.0984. The van der Waals surface area contributed by atoms with E-state index in [1.54, 1.807) is 34.6 Å². The van der Waals surface area contributed by atoms with Gasteiger partial charge in [-0.15, -0.1) is 0 Å². The van der Waals surface area contributed by atoms with Crippen LogP contribution in [0.4, 0.5) is 4.79 Å². The molecule has 0 bridgehead atoms. The zero-order valence-corrected chi connectivity index (χ0v) is 10.9. The fourth-order valence-electron chi connectivity index (χ4n) is 2.24. The first-order chi connectivity index (χ1) is 9.61. The normalized spacial score (nSPS) is 18.6. The predicted molar refractivity (Wildman–Crippen MR) is 70.3 cm³/mol. The molecule has 1 heterocycles. The number of carbonyl (C=O) groups excluding carboxylic acids is 2. The summed E-state index contributed by atoms with van der Waals surface area (Å²) >= 11 is 0. The third kappa shape index (κ3) is 3.25. The highest BCUT2D eigenvalue weighted by atomic mass is 16.5. The zero-order valence-electron chi connectivity index (χ0n) is 10.9. The van der Waals surface area contributed by atoms with E-state index >= 15 is 0 Å². The number of nitrogens with one attached hydrogen (secondary N) is 1. The van der Waals surface area contributed by atoms with Gasteiger partial charge in [0, 0.05) is 12.1 Å². The van der Waals surface area contributed by atoms with Crippen molar-refractivity contribution in [1.82, 2.24) is 10.4 Å². The van der Waals surface area contributed by atoms with Gasteiger partial charge < -0.3 is 15.4 Å². The molecule has 0 aromatic heterocycles. The smallest absolute Gasteiger partial charge is 0.315 e. The number of benzene rings is 1. The monoisotopic (exact) mass is 279 g/mol. The van der Waals surface area contributed by atoms with Crippen molar-refractivity contribution < 1.29 is 19.5 Å². The summed E-state index contributed by atoms with van der Waals surface area (Å²) in [7, 11) is 0. The van der Waals surface area contributed by atoms with Gasteiger partial charge >= 0.3 is 6.03 Å². The molecule has 1 aliphatic rings. The molecule has 3 amide bonds. The van der Waals surface area contributed by atoms with Gasteiger partial charge in [0.15, 0.2) is 0 Å². The van der Waals surface area contributed by atoms with Gasteiger partial charge in [-0.1, -0.05) is 12.1 Å². The average Bonchev–Trinajstić information content (AvgIpc) is 2.47. The summed E-state index contributed by atoms with van der Waals surface area (Å²) in [4.78, 5) is 24.1. The van der Waals surface area contributed by atoms with Crippen LogP contribution >= 0.6 is 0 Å². The molecule has 1 aromatic rings. The Hall–Kier alpha value is -2.12. The lowest BCUT2D eigenvalue weighted by atomic mass is 10.0. The number of hydroxylamine groups is 1. The van der Waals surface area contributed by atoms with Crippen LogP contribution in [0.5, 0.6) is 0 Å². The van der Waals surface area contributed by atoms with Crippen LogP contribution in [0.3, 0.4) is 0 Å². The molecule has 108 valence electrons. The van der Waals surface area contributed by atoms with Gasteiger partial charge in [0.25, 0.3) is 5.91 Å². The standard InChI is InChI=1S/C13H17N3O4/c14-13(18)16-5-6-20-8-11(16)7-9-1-3-10(4-2-9)12(17)15-19/h1-4,11,19H,5-8H2,(H2,14,18)(H,15,17). The predicted octanol–water partition coefficient (Wildman–Crippen LogP) is 0.128. The SMILES string of the molecule is NC(=O)N1CCOCC1Cc1ccc(C(=O)NO)cc1. The van der Waals surface area contributed by atoms with Crippen LogP contribution in [0.15, 0.2) is 24.3 Å². The van der Waals surface area contributed by atoms with E-state index in [2.05, 4.69) is 0 Å². The second kappa shape index (κ2) is 6.36. The van der Waals surface area contributed by atoms with Gasteiger partial charge in [-0.2, -0.15) is 0 Å². The van der Waals surface area contributed by atoms with Crippen LogP contribution < -0.4 is 11.2 Å². The number of amides is 3. The third-order valence-corrected chi connectivity index (χ3v) is 3.30. The van der Waals surface area contributed by atoms with Crippen LogP contribution in [0.1, 0.15) is 15.9 Å². The molecule has 0 saturated carbocycles. The topological polar surface area (TPSA) is 105 Å². The second-order valence-electron chi connectivity index (χ2n) is 4.60. The Labute approximate surface area is 116 Å². The van der Waals surface area contributed by atoms with Crippen LogP contribution in [-0.4, -0.2) is 47.8 Å². The molecule has 0 aliphatic carbocycles. The first-order valence-electron chi connectivity index (χ1n) is 6.29. The molecule has 7 nitrogen and oxygen atoms in total. The van der Waals surface area contributed by atoms with E-state index in [1.165, 1.54) is 0 Å². The van der Waals surface area contributed by atoms with Crippen molar-refractivity contribution in [2.75, 3.05) is 19.8 Å². The third-order valence-electron chi connectivity index (χ3n) is 3.30. The number of carbonyl (C=O) groups is 2. The fourth-order valence-corrected chi connectivity index (χ4v) is 2.24. The number of ether oxygens (including phenoxy) is 1. The van der Waals surface area contributed by atoms with Gasteiger partial charge in [-0.3, -0.25) is 10.0 Å². The first kappa shape index (κ1) is 14.3. The highest BCUT2D eigenvalue weighted by molar-refractivity contribution is 5.93. The lowest BCUT2D eigenvalue weighted by molar-refractivity contribution is 0.0147. The van der Waals surface area contributed by atoms with E-state index in [4.69, 9.17) is 15.7 Å². The van der Waals surface area contributed by atoms with E-state index in [0.29, 0.717) is 31.7 Å². The van der Waals surface area contributed by atoms with Crippen molar-refractivity contribution in [3.63, 3.8) is 0 Å². The van der Waals surface area contributed by atoms with Crippen LogP contribution in [0, 0.1) is 0 Å². The Bertz CT molecular complexity index is 489. The van der Waals surface area contributed by atoms with E-state index in [0.717, 1.165) is 5.56 Å². The Morgan fingerprint density at radius 2 is 2.10 bits per heavy atom. The van der Waals surface area contributed by atoms with Crippen molar-refractivity contribution in [3.05, 3.63) is 35.4 Å². The number of morpholine rings is 1. The van der Waals surface area contributed by atoms with Crippen LogP contribution in [0.2, 0.25) is 0 Å². The lowest BCUT2D eigenvalue weighted by Crippen LogP contribution is -2.51. The molecule has 1 atom stereocenters. The maximum absolute atomic E-state index is 11.3. The number of rotatable bonds is 3. The number of urea groups is 1. The van der Waals surface area contributed by atoms with Gasteiger partial charge in [0.2, 0.25) is 0 Å². The van der Waals surface area contributed by atoms with Crippen molar-refractivity contribution >= 4 is 11.9 Å². The Kier molecular flexibility index (Phi) is 4.54. The maximum atomic E-state index is 11.3. The van der Waals surface area contributed by atoms with E-state index in [9.17, 15) is 9.59 Å². The van der Waals surface area contributed by atoms with Crippen LogP contribution in [-0.2, 0) is 11.2 Å². The van der Waals surface area contributed by atoms with Crippen molar-refractivity contribution in [2.24, 2.45) is 5.73 Å². The van der Waals surface area contributed by atoms with E-state index < -0.39 is 11.9 Å². The lowest BCUT2D eigenvalue weighted by Gasteiger charge is -2.34. The van der Waals surface area contributed by atoms with E-state index in [1.807, 2.05) is 0 Å². The highest BCUT2D eigenvalue weighted by Gasteiger charge is 2.25. The number of nitrogens with zero attached hydrogens (tertiary/aromatic N) is 1. The number of hydrogen-bond donors (Lipinski definition) is 3. The van der Waals surface area contributed by atoms with Gasteiger partial charge in [0.05, 0.1) is 19.3 Å². The Balaban J connectivity index is 2.05. The molecule has 1 fully saturated rings. The van der Waals surface area contributed by atoms with Gasteiger partial charge in [-0.05, 0) is 24.1 Å². The summed E-state index contributed by atoms with van der Waals surface area (Å²) < 4.78 is 5.37. The minimum Gasteiger partial charge on any atom is -0.377 e. The second-order valence-corrected chi connectivity index (χ2v) is 4.60. The Morgan fingerprint density at radius 3 is 2.70 bits per heavy atom. The summed E-state index contributed by atoms with van der Waals surface area (Å²) in [5.41, 5.74) is 8.24. The summed E-state index contributed by atoms with van der Waals surface area (Å²) in [6.07, 6.45) is 0.601. The number of hydrogen-bond acceptors (Lipinski definition) is 4. The molecule has 0 radical (unpaired) electrons. The first-order valence-corrected chi connectivity index (χ1v) is 6.29. The maximum Gasteiger partial charge on any atom is 0.315 e. The molecular weight excluding hydrogens is 262 g/mol. The molecule has 7 heteroatoms. The molecule has 0 spiro atoms. The largest absolute Gasteiger partial charge is 0.377 e.